The van der Waals surface area contributed by atoms with E-state index in [-0.39, 0.29) is 0 Å². The minimum absolute atomic E-state index is 0.650. The van der Waals surface area contributed by atoms with Crippen molar-refractivity contribution < 1.29 is 13.9 Å². The van der Waals surface area contributed by atoms with Gasteiger partial charge in [-0.3, -0.25) is 0 Å². The van der Waals surface area contributed by atoms with Crippen LogP contribution >= 0.6 is 0 Å². The first kappa shape index (κ1) is 18.9. The van der Waals surface area contributed by atoms with Crippen LogP contribution in [0.3, 0.4) is 0 Å². The summed E-state index contributed by atoms with van der Waals surface area (Å²) in [6.45, 7) is 8.13. The van der Waals surface area contributed by atoms with E-state index in [9.17, 15) is 8.78 Å². The van der Waals surface area contributed by atoms with E-state index in [1.807, 2.05) is 0 Å². The molecule has 2 aliphatic rings. The zero-order chi connectivity index (χ0) is 16.5. The van der Waals surface area contributed by atoms with Crippen molar-refractivity contribution in [1.29, 1.82) is 0 Å². The number of aliphatic hydroxyl groups is 1. The van der Waals surface area contributed by atoms with Gasteiger partial charge in [0.2, 0.25) is 0 Å². The Morgan fingerprint density at radius 2 is 1.45 bits per heavy atom. The summed E-state index contributed by atoms with van der Waals surface area (Å²) in [6, 6.07) is 0. The lowest BCUT2D eigenvalue weighted by Gasteiger charge is -2.34. The van der Waals surface area contributed by atoms with E-state index < -0.39 is 17.4 Å². The highest BCUT2D eigenvalue weighted by molar-refractivity contribution is 5.24. The molecule has 1 nitrogen and oxygen atoms in total. The van der Waals surface area contributed by atoms with Crippen molar-refractivity contribution in [3.05, 3.63) is 36.6 Å². The second kappa shape index (κ2) is 9.81. The molecule has 0 aromatic heterocycles. The molecule has 0 aliphatic heterocycles. The van der Waals surface area contributed by atoms with Crippen LogP contribution < -0.4 is 0 Å². The summed E-state index contributed by atoms with van der Waals surface area (Å²) in [5, 5.41) is 8.21. The SMILES string of the molecule is C=C/C(F)=C(/F)C(=C)O.CC1CCC(C2CCCCC2)CC1. The first-order valence-electron chi connectivity index (χ1n) is 8.51. The summed E-state index contributed by atoms with van der Waals surface area (Å²) in [6.07, 6.45) is 14.4. The van der Waals surface area contributed by atoms with E-state index in [2.05, 4.69) is 20.1 Å². The van der Waals surface area contributed by atoms with Gasteiger partial charge in [-0.05, 0) is 36.7 Å². The van der Waals surface area contributed by atoms with Gasteiger partial charge in [0, 0.05) is 0 Å². The third kappa shape index (κ3) is 6.33. The molecule has 1 N–H and O–H groups in total. The first-order valence-corrected chi connectivity index (χ1v) is 8.51. The summed E-state index contributed by atoms with van der Waals surface area (Å²) in [5.41, 5.74) is 0. The van der Waals surface area contributed by atoms with Gasteiger partial charge in [-0.2, -0.15) is 4.39 Å². The Morgan fingerprint density at radius 3 is 1.86 bits per heavy atom. The molecule has 2 aliphatic carbocycles. The lowest BCUT2D eigenvalue weighted by molar-refractivity contribution is 0.173. The van der Waals surface area contributed by atoms with Gasteiger partial charge in [-0.25, -0.2) is 4.39 Å². The largest absolute Gasteiger partial charge is 0.505 e. The van der Waals surface area contributed by atoms with Crippen LogP contribution in [-0.2, 0) is 0 Å². The van der Waals surface area contributed by atoms with Gasteiger partial charge in [0.25, 0.3) is 0 Å². The Morgan fingerprint density at radius 1 is 0.955 bits per heavy atom. The van der Waals surface area contributed by atoms with Crippen molar-refractivity contribution in [1.82, 2.24) is 0 Å². The maximum atomic E-state index is 12.0. The van der Waals surface area contributed by atoms with E-state index in [1.165, 1.54) is 32.1 Å². The molecule has 0 heterocycles. The maximum absolute atomic E-state index is 12.0. The minimum atomic E-state index is -1.37. The Hall–Kier alpha value is -1.12. The summed E-state index contributed by atoms with van der Waals surface area (Å²) in [7, 11) is 0. The van der Waals surface area contributed by atoms with Crippen molar-refractivity contribution in [2.45, 2.75) is 64.7 Å². The summed E-state index contributed by atoms with van der Waals surface area (Å²) < 4.78 is 23.9. The predicted octanol–water partition coefficient (Wildman–Crippen LogP) is 6.79. The highest BCUT2D eigenvalue weighted by Crippen LogP contribution is 2.39. The van der Waals surface area contributed by atoms with Crippen LogP contribution in [0, 0.1) is 17.8 Å². The molecule has 3 heteroatoms. The molecular formula is C19H30F2O. The summed E-state index contributed by atoms with van der Waals surface area (Å²) in [5.74, 6) is -0.225. The summed E-state index contributed by atoms with van der Waals surface area (Å²) in [4.78, 5) is 0. The minimum Gasteiger partial charge on any atom is -0.505 e. The standard InChI is InChI=1S/C13H24.C6H6F2O/c1-11-7-9-13(10-8-11)12-5-3-2-4-6-12;1-3-5(7)6(8)4(2)9/h11-13H,2-10H2,1H3;3,9H,1-2H2/b;6-5-. The average Bonchev–Trinajstić information content (AvgIpc) is 2.55. The van der Waals surface area contributed by atoms with Gasteiger partial charge in [-0.1, -0.05) is 65.0 Å². The van der Waals surface area contributed by atoms with Crippen LogP contribution in [0.25, 0.3) is 0 Å². The number of hydrogen-bond acceptors (Lipinski definition) is 1. The van der Waals surface area contributed by atoms with E-state index in [4.69, 9.17) is 5.11 Å². The van der Waals surface area contributed by atoms with Gasteiger partial charge < -0.3 is 5.11 Å². The third-order valence-electron chi connectivity index (χ3n) is 5.02. The molecule has 0 aromatic carbocycles. The van der Waals surface area contributed by atoms with Gasteiger partial charge in [0.1, 0.15) is 5.76 Å². The van der Waals surface area contributed by atoms with Crippen LogP contribution in [-0.4, -0.2) is 5.11 Å². The van der Waals surface area contributed by atoms with E-state index >= 15 is 0 Å². The third-order valence-corrected chi connectivity index (χ3v) is 5.02. The molecule has 2 fully saturated rings. The van der Waals surface area contributed by atoms with Crippen LogP contribution in [0.15, 0.2) is 36.6 Å². The topological polar surface area (TPSA) is 20.2 Å². The average molecular weight is 312 g/mol. The molecular weight excluding hydrogens is 282 g/mol. The second-order valence-corrected chi connectivity index (χ2v) is 6.73. The maximum Gasteiger partial charge on any atom is 0.199 e. The van der Waals surface area contributed by atoms with E-state index in [0.717, 1.165) is 17.8 Å². The zero-order valence-corrected chi connectivity index (χ0v) is 13.8. The number of hydrogen-bond donors (Lipinski definition) is 1. The fourth-order valence-corrected chi connectivity index (χ4v) is 3.59. The van der Waals surface area contributed by atoms with Crippen molar-refractivity contribution >= 4 is 0 Å². The summed E-state index contributed by atoms with van der Waals surface area (Å²) >= 11 is 0. The molecule has 0 radical (unpaired) electrons. The van der Waals surface area contributed by atoms with Crippen LogP contribution in [0.2, 0.25) is 0 Å². The molecule has 0 unspecified atom stereocenters. The van der Waals surface area contributed by atoms with E-state index in [0.29, 0.717) is 6.08 Å². The Bertz CT molecular complexity index is 386. The molecule has 22 heavy (non-hydrogen) atoms. The first-order chi connectivity index (χ1) is 10.5. The van der Waals surface area contributed by atoms with Crippen LogP contribution in [0.4, 0.5) is 8.78 Å². The number of allylic oxidation sites excluding steroid dienone is 3. The van der Waals surface area contributed by atoms with Crippen molar-refractivity contribution in [2.75, 3.05) is 0 Å². The van der Waals surface area contributed by atoms with Crippen molar-refractivity contribution in [3.8, 4) is 0 Å². The molecule has 0 aromatic rings. The molecule has 0 atom stereocenters. The number of halogens is 2. The Kier molecular flexibility index (Phi) is 8.44. The molecule has 2 rings (SSSR count). The van der Waals surface area contributed by atoms with Crippen molar-refractivity contribution in [3.63, 3.8) is 0 Å². The van der Waals surface area contributed by atoms with Crippen LogP contribution in [0.1, 0.15) is 64.7 Å². The predicted molar refractivity (Wildman–Crippen MR) is 88.9 cm³/mol. The van der Waals surface area contributed by atoms with Gasteiger partial charge in [0.15, 0.2) is 11.7 Å². The smallest absolute Gasteiger partial charge is 0.199 e. The molecule has 126 valence electrons. The molecule has 0 amide bonds. The van der Waals surface area contributed by atoms with E-state index in [1.54, 1.807) is 25.7 Å². The quantitative estimate of drug-likeness (QED) is 0.449. The number of aliphatic hydroxyl groups excluding tert-OH is 1. The monoisotopic (exact) mass is 312 g/mol. The Balaban J connectivity index is 0.000000239. The van der Waals surface area contributed by atoms with Crippen molar-refractivity contribution in [2.24, 2.45) is 17.8 Å². The number of rotatable bonds is 3. The zero-order valence-electron chi connectivity index (χ0n) is 13.8. The molecule has 0 spiro atoms. The lowest BCUT2D eigenvalue weighted by atomic mass is 9.71. The van der Waals surface area contributed by atoms with Gasteiger partial charge in [0.05, 0.1) is 0 Å². The van der Waals surface area contributed by atoms with Gasteiger partial charge >= 0.3 is 0 Å². The highest BCUT2D eigenvalue weighted by atomic mass is 19.2. The Labute approximate surface area is 133 Å². The molecule has 2 saturated carbocycles. The lowest BCUT2D eigenvalue weighted by Crippen LogP contribution is -2.22. The molecule has 0 bridgehead atoms. The molecule has 0 saturated heterocycles. The normalized spacial score (nSPS) is 27.2. The van der Waals surface area contributed by atoms with Gasteiger partial charge in [-0.15, -0.1) is 0 Å². The fraction of sp³-hybridized carbons (Fsp3) is 0.684. The fourth-order valence-electron chi connectivity index (χ4n) is 3.59. The highest BCUT2D eigenvalue weighted by Gasteiger charge is 2.26. The van der Waals surface area contributed by atoms with Crippen LogP contribution in [0.5, 0.6) is 0 Å². The second-order valence-electron chi connectivity index (χ2n) is 6.73.